The van der Waals surface area contributed by atoms with E-state index in [1.807, 2.05) is 84.4 Å². The summed E-state index contributed by atoms with van der Waals surface area (Å²) in [5.74, 6) is -0.130. The van der Waals surface area contributed by atoms with E-state index in [0.29, 0.717) is 9.90 Å². The van der Waals surface area contributed by atoms with E-state index in [2.05, 4.69) is 22.5 Å². The van der Waals surface area contributed by atoms with Crippen LogP contribution in [0.2, 0.25) is 5.02 Å². The van der Waals surface area contributed by atoms with E-state index >= 15 is 0 Å². The molecule has 0 spiro atoms. The van der Waals surface area contributed by atoms with Crippen LogP contribution < -0.4 is 5.32 Å². The van der Waals surface area contributed by atoms with E-state index in [9.17, 15) is 4.79 Å². The van der Waals surface area contributed by atoms with E-state index < -0.39 is 0 Å². The number of carbonyl (C=O) groups excluding carboxylic acids is 1. The molecule has 2 aromatic heterocycles. The van der Waals surface area contributed by atoms with Gasteiger partial charge in [0.25, 0.3) is 5.91 Å². The van der Waals surface area contributed by atoms with Gasteiger partial charge in [0, 0.05) is 20.2 Å². The summed E-state index contributed by atoms with van der Waals surface area (Å²) in [6.45, 7) is 1.95. The molecule has 1 amide bonds. The van der Waals surface area contributed by atoms with Crippen LogP contribution in [-0.4, -0.2) is 15.7 Å². The molecular weight excluding hydrogens is 458 g/mol. The van der Waals surface area contributed by atoms with E-state index in [1.165, 1.54) is 11.3 Å². The van der Waals surface area contributed by atoms with Crippen molar-refractivity contribution in [1.82, 2.24) is 9.78 Å². The number of benzene rings is 3. The van der Waals surface area contributed by atoms with Crippen molar-refractivity contribution >= 4 is 56.5 Å². The van der Waals surface area contributed by atoms with Crippen molar-refractivity contribution in [3.63, 3.8) is 0 Å². The largest absolute Gasteiger partial charge is 0.320 e. The van der Waals surface area contributed by atoms with E-state index in [1.54, 1.807) is 11.8 Å². The molecule has 158 valence electrons. The Morgan fingerprint density at radius 3 is 2.50 bits per heavy atom. The number of thiophene rings is 1. The molecule has 2 heterocycles. The maximum absolute atomic E-state index is 13.1. The number of rotatable bonds is 5. The molecular formula is C25H18ClN3OS2. The molecule has 0 radical (unpaired) electrons. The van der Waals surface area contributed by atoms with Crippen molar-refractivity contribution in [2.75, 3.05) is 5.32 Å². The predicted molar refractivity (Wildman–Crippen MR) is 134 cm³/mol. The topological polar surface area (TPSA) is 46.9 Å². The maximum Gasteiger partial charge on any atom is 0.265 e. The molecule has 0 aliphatic rings. The molecule has 4 nitrogen and oxygen atoms in total. The van der Waals surface area contributed by atoms with Gasteiger partial charge in [0.1, 0.15) is 4.83 Å². The second kappa shape index (κ2) is 8.82. The standard InChI is InChI=1S/C25H18ClN3OS2/c1-16-20-15-23(32-25(20)29(28-16)18-13-11-17(26)12-14-18)24(30)27-21-9-5-6-10-22(21)31-19-7-3-2-4-8-19/h2-15H,1H3,(H,27,30). The van der Waals surface area contributed by atoms with Gasteiger partial charge in [-0.05, 0) is 61.5 Å². The van der Waals surface area contributed by atoms with Crippen molar-refractivity contribution in [3.8, 4) is 5.69 Å². The lowest BCUT2D eigenvalue weighted by atomic mass is 10.3. The SMILES string of the molecule is Cc1nn(-c2ccc(Cl)cc2)c2sc(C(=O)Nc3ccccc3Sc3ccccc3)cc12. The highest BCUT2D eigenvalue weighted by molar-refractivity contribution is 7.99. The highest BCUT2D eigenvalue weighted by Crippen LogP contribution is 2.35. The van der Waals surface area contributed by atoms with Gasteiger partial charge < -0.3 is 5.32 Å². The third-order valence-corrected chi connectivity index (χ3v) is 7.39. The number of nitrogens with one attached hydrogen (secondary N) is 1. The summed E-state index contributed by atoms with van der Waals surface area (Å²) in [6.07, 6.45) is 0. The van der Waals surface area contributed by atoms with Gasteiger partial charge in [-0.2, -0.15) is 5.10 Å². The fraction of sp³-hybridized carbons (Fsp3) is 0.0400. The summed E-state index contributed by atoms with van der Waals surface area (Å²) in [4.78, 5) is 16.8. The molecule has 0 saturated carbocycles. The Morgan fingerprint density at radius 1 is 1.00 bits per heavy atom. The Balaban J connectivity index is 1.44. The Morgan fingerprint density at radius 2 is 1.72 bits per heavy atom. The first-order valence-electron chi connectivity index (χ1n) is 9.97. The maximum atomic E-state index is 13.1. The Labute approximate surface area is 198 Å². The number of hydrogen-bond donors (Lipinski definition) is 1. The Bertz CT molecular complexity index is 1410. The zero-order valence-corrected chi connectivity index (χ0v) is 19.5. The number of aromatic nitrogens is 2. The molecule has 0 unspecified atom stereocenters. The zero-order valence-electron chi connectivity index (χ0n) is 17.1. The Kier molecular flexibility index (Phi) is 5.74. The van der Waals surface area contributed by atoms with Crippen LogP contribution in [0.3, 0.4) is 0 Å². The normalized spacial score (nSPS) is 11.1. The summed E-state index contributed by atoms with van der Waals surface area (Å²) in [6, 6.07) is 27.4. The van der Waals surface area contributed by atoms with Crippen molar-refractivity contribution < 1.29 is 4.79 Å². The molecule has 7 heteroatoms. The minimum Gasteiger partial charge on any atom is -0.320 e. The number of halogens is 1. The van der Waals surface area contributed by atoms with E-state index in [0.717, 1.165) is 37.1 Å². The van der Waals surface area contributed by atoms with Crippen molar-refractivity contribution in [3.05, 3.63) is 101 Å². The number of amides is 1. The van der Waals surface area contributed by atoms with E-state index in [-0.39, 0.29) is 5.91 Å². The molecule has 5 aromatic rings. The summed E-state index contributed by atoms with van der Waals surface area (Å²) in [5.41, 5.74) is 2.58. The monoisotopic (exact) mass is 475 g/mol. The van der Waals surface area contributed by atoms with Crippen molar-refractivity contribution in [2.24, 2.45) is 0 Å². The quantitative estimate of drug-likeness (QED) is 0.287. The molecule has 0 aliphatic heterocycles. The average molecular weight is 476 g/mol. The molecule has 32 heavy (non-hydrogen) atoms. The Hall–Kier alpha value is -3.06. The smallest absolute Gasteiger partial charge is 0.265 e. The summed E-state index contributed by atoms with van der Waals surface area (Å²) in [5, 5.41) is 9.38. The fourth-order valence-electron chi connectivity index (χ4n) is 3.37. The summed E-state index contributed by atoms with van der Waals surface area (Å²) >= 11 is 9.08. The summed E-state index contributed by atoms with van der Waals surface area (Å²) in [7, 11) is 0. The number of carbonyl (C=O) groups is 1. The molecule has 1 N–H and O–H groups in total. The number of nitrogens with zero attached hydrogens (tertiary/aromatic N) is 2. The van der Waals surface area contributed by atoms with Gasteiger partial charge in [0.2, 0.25) is 0 Å². The average Bonchev–Trinajstić information content (AvgIpc) is 3.37. The predicted octanol–water partition coefficient (Wildman–Crippen LogP) is 7.45. The van der Waals surface area contributed by atoms with Gasteiger partial charge in [-0.25, -0.2) is 4.68 Å². The molecule has 0 bridgehead atoms. The first kappa shape index (κ1) is 20.8. The molecule has 3 aromatic carbocycles. The molecule has 0 aliphatic carbocycles. The lowest BCUT2D eigenvalue weighted by molar-refractivity contribution is 0.103. The van der Waals surface area contributed by atoms with Crippen LogP contribution in [0.1, 0.15) is 15.4 Å². The van der Waals surface area contributed by atoms with Crippen LogP contribution in [0.25, 0.3) is 15.9 Å². The van der Waals surface area contributed by atoms with Gasteiger partial charge >= 0.3 is 0 Å². The van der Waals surface area contributed by atoms with Crippen LogP contribution >= 0.6 is 34.7 Å². The second-order valence-corrected chi connectivity index (χ2v) is 9.75. The summed E-state index contributed by atoms with van der Waals surface area (Å²) < 4.78 is 1.86. The molecule has 0 fully saturated rings. The minimum atomic E-state index is -0.130. The minimum absolute atomic E-state index is 0.130. The molecule has 0 saturated heterocycles. The van der Waals surface area contributed by atoms with Crippen LogP contribution in [0.4, 0.5) is 5.69 Å². The number of hydrogen-bond acceptors (Lipinski definition) is 4. The third kappa shape index (κ3) is 4.17. The van der Waals surface area contributed by atoms with Gasteiger partial charge in [-0.1, -0.05) is 53.7 Å². The number of para-hydroxylation sites is 1. The van der Waals surface area contributed by atoms with Crippen molar-refractivity contribution in [2.45, 2.75) is 16.7 Å². The first-order chi connectivity index (χ1) is 15.6. The molecule has 0 atom stereocenters. The van der Waals surface area contributed by atoms with E-state index in [4.69, 9.17) is 11.6 Å². The van der Waals surface area contributed by atoms with Gasteiger partial charge in [-0.15, -0.1) is 11.3 Å². The van der Waals surface area contributed by atoms with Crippen molar-refractivity contribution in [1.29, 1.82) is 0 Å². The number of anilines is 1. The highest BCUT2D eigenvalue weighted by atomic mass is 35.5. The molecule has 5 rings (SSSR count). The number of fused-ring (bicyclic) bond motifs is 1. The van der Waals surface area contributed by atoms with Crippen LogP contribution in [0, 0.1) is 6.92 Å². The zero-order chi connectivity index (χ0) is 22.1. The van der Waals surface area contributed by atoms with Crippen LogP contribution in [0.15, 0.2) is 94.7 Å². The number of aryl methyl sites for hydroxylation is 1. The van der Waals surface area contributed by atoms with Crippen LogP contribution in [0.5, 0.6) is 0 Å². The fourth-order valence-corrected chi connectivity index (χ4v) is 5.50. The highest BCUT2D eigenvalue weighted by Gasteiger charge is 2.18. The lowest BCUT2D eigenvalue weighted by Crippen LogP contribution is -2.10. The lowest BCUT2D eigenvalue weighted by Gasteiger charge is -2.10. The van der Waals surface area contributed by atoms with Gasteiger partial charge in [-0.3, -0.25) is 4.79 Å². The van der Waals surface area contributed by atoms with Gasteiger partial charge in [0.05, 0.1) is 21.9 Å². The third-order valence-electron chi connectivity index (χ3n) is 4.95. The first-order valence-corrected chi connectivity index (χ1v) is 12.0. The second-order valence-electron chi connectivity index (χ2n) is 7.17. The van der Waals surface area contributed by atoms with Crippen LogP contribution in [-0.2, 0) is 0 Å². The van der Waals surface area contributed by atoms with Gasteiger partial charge in [0.15, 0.2) is 0 Å².